The van der Waals surface area contributed by atoms with Crippen molar-refractivity contribution in [2.45, 2.75) is 0 Å². The average molecular weight is 678 g/mol. The molecule has 0 spiro atoms. The second kappa shape index (κ2) is 11.7. The van der Waals surface area contributed by atoms with Crippen LogP contribution < -0.4 is 4.90 Å². The van der Waals surface area contributed by atoms with Crippen molar-refractivity contribution in [3.05, 3.63) is 188 Å². The molecule has 0 aliphatic heterocycles. The first-order valence-electron chi connectivity index (χ1n) is 18.0. The van der Waals surface area contributed by atoms with Gasteiger partial charge in [0.15, 0.2) is 0 Å². The predicted molar refractivity (Wildman–Crippen MR) is 222 cm³/mol. The number of hydrogen-bond acceptors (Lipinski definition) is 3. The highest BCUT2D eigenvalue weighted by Gasteiger charge is 2.20. The summed E-state index contributed by atoms with van der Waals surface area (Å²) in [5, 5.41) is 9.24. The van der Waals surface area contributed by atoms with Gasteiger partial charge in [-0.2, -0.15) is 0 Å². The van der Waals surface area contributed by atoms with E-state index in [2.05, 4.69) is 169 Å². The van der Waals surface area contributed by atoms with Crippen molar-refractivity contribution >= 4 is 82.5 Å². The third-order valence-electron chi connectivity index (χ3n) is 10.7. The van der Waals surface area contributed by atoms with Gasteiger partial charge in [-0.25, -0.2) is 0 Å². The summed E-state index contributed by atoms with van der Waals surface area (Å²) in [7, 11) is 0. The van der Waals surface area contributed by atoms with Gasteiger partial charge in [0.05, 0.1) is 11.1 Å². The Hall–Kier alpha value is -7.10. The van der Waals surface area contributed by atoms with Crippen molar-refractivity contribution in [2.24, 2.45) is 0 Å². The monoisotopic (exact) mass is 677 g/mol. The van der Waals surface area contributed by atoms with Gasteiger partial charge in [-0.05, 0) is 99.1 Å². The van der Waals surface area contributed by atoms with E-state index in [0.717, 1.165) is 82.8 Å². The summed E-state index contributed by atoms with van der Waals surface area (Å²) in [5.74, 6) is 0. The van der Waals surface area contributed by atoms with Crippen LogP contribution in [0.5, 0.6) is 0 Å². The zero-order valence-electron chi connectivity index (χ0n) is 28.7. The van der Waals surface area contributed by atoms with Crippen molar-refractivity contribution in [2.75, 3.05) is 4.90 Å². The summed E-state index contributed by atoms with van der Waals surface area (Å²) in [6.07, 6.45) is 0. The highest BCUT2D eigenvalue weighted by Crippen LogP contribution is 2.44. The van der Waals surface area contributed by atoms with Crippen LogP contribution in [-0.2, 0) is 0 Å². The first kappa shape index (κ1) is 29.6. The van der Waals surface area contributed by atoms with Crippen molar-refractivity contribution < 1.29 is 8.83 Å². The molecule has 0 N–H and O–H groups in total. The Morgan fingerprint density at radius 3 is 1.74 bits per heavy atom. The standard InChI is InChI=1S/C50H31NO2/c1-2-11-39-33(9-1)10-7-14-40(39)34-23-28-38(29-24-34)51(45-15-8-18-48-49(45)43-13-4-6-17-47(43)52-48)37-26-21-32(22-27-37)36-20-19-35-25-30-42-41-12-3-5-16-46(41)53-50(42)44(35)31-36/h1-31H. The van der Waals surface area contributed by atoms with E-state index < -0.39 is 0 Å². The summed E-state index contributed by atoms with van der Waals surface area (Å²) >= 11 is 0. The molecule has 0 aliphatic carbocycles. The van der Waals surface area contributed by atoms with E-state index in [4.69, 9.17) is 8.83 Å². The summed E-state index contributed by atoms with van der Waals surface area (Å²) in [4.78, 5) is 2.35. The second-order valence-electron chi connectivity index (χ2n) is 13.7. The largest absolute Gasteiger partial charge is 0.456 e. The third-order valence-corrected chi connectivity index (χ3v) is 10.7. The lowest BCUT2D eigenvalue weighted by Gasteiger charge is -2.26. The van der Waals surface area contributed by atoms with Crippen molar-refractivity contribution in [1.29, 1.82) is 0 Å². The molecule has 0 radical (unpaired) electrons. The van der Waals surface area contributed by atoms with Gasteiger partial charge >= 0.3 is 0 Å². The minimum atomic E-state index is 0.866. The normalized spacial score (nSPS) is 11.8. The molecule has 0 amide bonds. The quantitative estimate of drug-likeness (QED) is 0.182. The predicted octanol–water partition coefficient (Wildman–Crippen LogP) is 14.6. The molecule has 3 nitrogen and oxygen atoms in total. The molecule has 0 atom stereocenters. The maximum absolute atomic E-state index is 6.41. The van der Waals surface area contributed by atoms with Crippen LogP contribution in [0.3, 0.4) is 0 Å². The summed E-state index contributed by atoms with van der Waals surface area (Å²) < 4.78 is 12.8. The molecule has 2 aromatic heterocycles. The fraction of sp³-hybridized carbons (Fsp3) is 0. The van der Waals surface area contributed by atoms with Crippen LogP contribution in [0.15, 0.2) is 197 Å². The zero-order valence-corrected chi connectivity index (χ0v) is 28.7. The molecule has 53 heavy (non-hydrogen) atoms. The number of anilines is 3. The van der Waals surface area contributed by atoms with Crippen LogP contribution in [0.4, 0.5) is 17.1 Å². The van der Waals surface area contributed by atoms with Gasteiger partial charge in [-0.3, -0.25) is 0 Å². The average Bonchev–Trinajstić information content (AvgIpc) is 3.81. The molecule has 11 aromatic rings. The van der Waals surface area contributed by atoms with E-state index in [1.807, 2.05) is 24.3 Å². The van der Waals surface area contributed by atoms with Crippen LogP contribution in [0, 0.1) is 0 Å². The number of fused-ring (bicyclic) bond motifs is 9. The molecule has 2 heterocycles. The SMILES string of the molecule is c1ccc2c(-c3ccc(N(c4ccc(-c5ccc6ccc7c8ccccc8oc7c6c5)cc4)c4cccc5oc6ccccc6c45)cc3)cccc2c1. The second-order valence-corrected chi connectivity index (χ2v) is 13.7. The fourth-order valence-corrected chi connectivity index (χ4v) is 8.12. The highest BCUT2D eigenvalue weighted by atomic mass is 16.3. The molecule has 11 rings (SSSR count). The summed E-state index contributed by atoms with van der Waals surface area (Å²) in [6.45, 7) is 0. The maximum Gasteiger partial charge on any atom is 0.143 e. The Morgan fingerprint density at radius 2 is 0.925 bits per heavy atom. The first-order valence-corrected chi connectivity index (χ1v) is 18.0. The number of rotatable bonds is 5. The van der Waals surface area contributed by atoms with E-state index >= 15 is 0 Å². The van der Waals surface area contributed by atoms with Gasteiger partial charge < -0.3 is 13.7 Å². The summed E-state index contributed by atoms with van der Waals surface area (Å²) in [5.41, 5.74) is 11.5. The fourth-order valence-electron chi connectivity index (χ4n) is 8.12. The topological polar surface area (TPSA) is 29.5 Å². The Bertz CT molecular complexity index is 3160. The van der Waals surface area contributed by atoms with E-state index in [-0.39, 0.29) is 0 Å². The van der Waals surface area contributed by atoms with Crippen molar-refractivity contribution in [3.8, 4) is 22.3 Å². The lowest BCUT2D eigenvalue weighted by atomic mass is 9.97. The smallest absolute Gasteiger partial charge is 0.143 e. The molecular formula is C50H31NO2. The van der Waals surface area contributed by atoms with Gasteiger partial charge in [0.1, 0.15) is 22.3 Å². The minimum absolute atomic E-state index is 0.866. The van der Waals surface area contributed by atoms with Crippen LogP contribution >= 0.6 is 0 Å². The molecule has 0 saturated carbocycles. The molecule has 0 unspecified atom stereocenters. The number of benzene rings is 9. The van der Waals surface area contributed by atoms with Gasteiger partial charge in [0.2, 0.25) is 0 Å². The number of furan rings is 2. The molecule has 3 heteroatoms. The van der Waals surface area contributed by atoms with Crippen molar-refractivity contribution in [3.63, 3.8) is 0 Å². The van der Waals surface area contributed by atoms with Gasteiger partial charge in [-0.15, -0.1) is 0 Å². The first-order chi connectivity index (χ1) is 26.3. The van der Waals surface area contributed by atoms with Gasteiger partial charge in [-0.1, -0.05) is 127 Å². The van der Waals surface area contributed by atoms with E-state index in [0.29, 0.717) is 0 Å². The number of nitrogens with zero attached hydrogens (tertiary/aromatic N) is 1. The lowest BCUT2D eigenvalue weighted by Crippen LogP contribution is -2.10. The molecule has 0 bridgehead atoms. The van der Waals surface area contributed by atoms with Crippen LogP contribution in [-0.4, -0.2) is 0 Å². The zero-order chi connectivity index (χ0) is 34.9. The van der Waals surface area contributed by atoms with Gasteiger partial charge in [0, 0.05) is 32.9 Å². The van der Waals surface area contributed by atoms with E-state index in [1.54, 1.807) is 0 Å². The van der Waals surface area contributed by atoms with E-state index in [9.17, 15) is 0 Å². The van der Waals surface area contributed by atoms with Crippen LogP contribution in [0.1, 0.15) is 0 Å². The third kappa shape index (κ3) is 4.75. The summed E-state index contributed by atoms with van der Waals surface area (Å²) in [6, 6.07) is 66.8. The van der Waals surface area contributed by atoms with Crippen molar-refractivity contribution in [1.82, 2.24) is 0 Å². The molecule has 0 saturated heterocycles. The van der Waals surface area contributed by atoms with Gasteiger partial charge in [0.25, 0.3) is 0 Å². The minimum Gasteiger partial charge on any atom is -0.456 e. The number of para-hydroxylation sites is 2. The highest BCUT2D eigenvalue weighted by molar-refractivity contribution is 6.16. The Kier molecular flexibility index (Phi) is 6.55. The Balaban J connectivity index is 1.05. The molecular weight excluding hydrogens is 647 g/mol. The molecule has 9 aromatic carbocycles. The molecule has 0 fully saturated rings. The Morgan fingerprint density at radius 1 is 0.340 bits per heavy atom. The van der Waals surface area contributed by atoms with E-state index in [1.165, 1.54) is 21.9 Å². The van der Waals surface area contributed by atoms with Crippen LogP contribution in [0.2, 0.25) is 0 Å². The molecule has 248 valence electrons. The van der Waals surface area contributed by atoms with Crippen LogP contribution in [0.25, 0.3) is 87.7 Å². The molecule has 0 aliphatic rings. The maximum atomic E-state index is 6.41. The number of hydrogen-bond donors (Lipinski definition) is 0. The lowest BCUT2D eigenvalue weighted by molar-refractivity contribution is 0.669. The Labute approximate surface area is 305 Å².